The molecule has 0 aromatic heterocycles. The lowest BCUT2D eigenvalue weighted by Gasteiger charge is -2.31. The van der Waals surface area contributed by atoms with Gasteiger partial charge in [-0.1, -0.05) is 133 Å². The average Bonchev–Trinajstić information content (AvgIpc) is 3.54. The number of nitrogens with zero attached hydrogens (tertiary/aromatic N) is 1. The number of hydrogen-bond donors (Lipinski definition) is 0. The van der Waals surface area contributed by atoms with Crippen molar-refractivity contribution in [2.75, 3.05) is 4.90 Å². The molecule has 0 aliphatic heterocycles. The van der Waals surface area contributed by atoms with E-state index < -0.39 is 0 Å². The number of allylic oxidation sites excluding steroid dienone is 5. The highest BCUT2D eigenvalue weighted by atomic mass is 15.1. The van der Waals surface area contributed by atoms with Crippen LogP contribution in [0.2, 0.25) is 0 Å². The van der Waals surface area contributed by atoms with Gasteiger partial charge in [0.2, 0.25) is 0 Å². The Morgan fingerprint density at radius 1 is 0.489 bits per heavy atom. The summed E-state index contributed by atoms with van der Waals surface area (Å²) in [6, 6.07) is 39.1. The van der Waals surface area contributed by atoms with Crippen LogP contribution in [0.5, 0.6) is 0 Å². The standard InChI is InChI=1S/C46H43N/c1-9-15-32-35-23-20-29(26-41(35)44(3,4)38(32)10-2)47(30-21-24-36-33-16-11-13-18-39(33)45(5,6)42(36)27-30)31-22-25-37-34-17-12-14-19-40(34)46(7,8)43(37)28-31/h9-28H,1H2,2-8H3/b32-15?,38-10+. The van der Waals surface area contributed by atoms with Crippen LogP contribution in [0.3, 0.4) is 0 Å². The second-order valence-corrected chi connectivity index (χ2v) is 15.0. The Morgan fingerprint density at radius 2 is 0.894 bits per heavy atom. The maximum Gasteiger partial charge on any atom is 0.0465 e. The highest BCUT2D eigenvalue weighted by Crippen LogP contribution is 2.55. The molecule has 3 aliphatic carbocycles. The van der Waals surface area contributed by atoms with E-state index in [1.54, 1.807) is 0 Å². The van der Waals surface area contributed by atoms with Crippen molar-refractivity contribution >= 4 is 22.6 Å². The first-order valence-electron chi connectivity index (χ1n) is 16.9. The molecule has 8 rings (SSSR count). The molecular weight excluding hydrogens is 567 g/mol. The second kappa shape index (κ2) is 10.1. The summed E-state index contributed by atoms with van der Waals surface area (Å²) in [4.78, 5) is 2.49. The third-order valence-corrected chi connectivity index (χ3v) is 11.4. The average molecular weight is 610 g/mol. The lowest BCUT2D eigenvalue weighted by atomic mass is 9.81. The van der Waals surface area contributed by atoms with E-state index in [4.69, 9.17) is 0 Å². The molecule has 0 radical (unpaired) electrons. The highest BCUT2D eigenvalue weighted by Gasteiger charge is 2.40. The van der Waals surface area contributed by atoms with Crippen LogP contribution < -0.4 is 4.90 Å². The van der Waals surface area contributed by atoms with E-state index in [0.717, 1.165) is 0 Å². The molecule has 47 heavy (non-hydrogen) atoms. The molecule has 5 aromatic rings. The normalized spacial score (nSPS) is 18.8. The van der Waals surface area contributed by atoms with Gasteiger partial charge in [0.15, 0.2) is 0 Å². The first kappa shape index (κ1) is 29.5. The fourth-order valence-corrected chi connectivity index (χ4v) is 8.97. The maximum atomic E-state index is 4.04. The molecule has 0 bridgehead atoms. The minimum Gasteiger partial charge on any atom is -0.310 e. The quantitative estimate of drug-likeness (QED) is 0.196. The molecule has 3 aliphatic rings. The lowest BCUT2D eigenvalue weighted by Crippen LogP contribution is -2.19. The first-order valence-corrected chi connectivity index (χ1v) is 16.9. The van der Waals surface area contributed by atoms with Gasteiger partial charge >= 0.3 is 0 Å². The summed E-state index contributed by atoms with van der Waals surface area (Å²) in [5.41, 5.74) is 19.5. The van der Waals surface area contributed by atoms with Crippen LogP contribution in [0.1, 0.15) is 81.8 Å². The largest absolute Gasteiger partial charge is 0.310 e. The summed E-state index contributed by atoms with van der Waals surface area (Å²) < 4.78 is 0. The van der Waals surface area contributed by atoms with Gasteiger partial charge in [-0.25, -0.2) is 0 Å². The van der Waals surface area contributed by atoms with E-state index in [2.05, 4.69) is 175 Å². The molecule has 0 amide bonds. The molecular formula is C46H43N. The molecule has 0 fully saturated rings. The van der Waals surface area contributed by atoms with Crippen molar-refractivity contribution in [3.05, 3.63) is 167 Å². The maximum absolute atomic E-state index is 4.04. The molecule has 0 atom stereocenters. The summed E-state index contributed by atoms with van der Waals surface area (Å²) >= 11 is 0. The summed E-state index contributed by atoms with van der Waals surface area (Å²) in [7, 11) is 0. The fourth-order valence-electron chi connectivity index (χ4n) is 8.97. The molecule has 0 N–H and O–H groups in total. The minimum absolute atomic E-state index is 0.0830. The van der Waals surface area contributed by atoms with E-state index in [-0.39, 0.29) is 16.2 Å². The van der Waals surface area contributed by atoms with Gasteiger partial charge in [0.05, 0.1) is 0 Å². The smallest absolute Gasteiger partial charge is 0.0465 e. The van der Waals surface area contributed by atoms with Crippen LogP contribution in [-0.4, -0.2) is 0 Å². The summed E-state index contributed by atoms with van der Waals surface area (Å²) in [5, 5.41) is 0. The van der Waals surface area contributed by atoms with Crippen molar-refractivity contribution in [3.63, 3.8) is 0 Å². The van der Waals surface area contributed by atoms with Gasteiger partial charge in [-0.2, -0.15) is 0 Å². The molecule has 0 saturated carbocycles. The van der Waals surface area contributed by atoms with Gasteiger partial charge in [0.1, 0.15) is 0 Å². The lowest BCUT2D eigenvalue weighted by molar-refractivity contribution is 0.659. The van der Waals surface area contributed by atoms with Crippen molar-refractivity contribution in [3.8, 4) is 22.3 Å². The Hall–Kier alpha value is -4.88. The van der Waals surface area contributed by atoms with Crippen molar-refractivity contribution in [1.29, 1.82) is 0 Å². The van der Waals surface area contributed by atoms with E-state index in [0.29, 0.717) is 0 Å². The zero-order valence-corrected chi connectivity index (χ0v) is 28.7. The molecule has 232 valence electrons. The first-order chi connectivity index (χ1) is 22.5. The summed E-state index contributed by atoms with van der Waals surface area (Å²) in [6.45, 7) is 20.4. The number of fused-ring (bicyclic) bond motifs is 7. The predicted molar refractivity (Wildman–Crippen MR) is 201 cm³/mol. The van der Waals surface area contributed by atoms with Gasteiger partial charge in [0.25, 0.3) is 0 Å². The zero-order chi connectivity index (χ0) is 32.9. The van der Waals surface area contributed by atoms with Crippen LogP contribution in [0.25, 0.3) is 27.8 Å². The zero-order valence-electron chi connectivity index (χ0n) is 28.7. The Labute approximate surface area is 280 Å². The van der Waals surface area contributed by atoms with Gasteiger partial charge in [-0.3, -0.25) is 0 Å². The van der Waals surface area contributed by atoms with Crippen LogP contribution in [-0.2, 0) is 16.2 Å². The minimum atomic E-state index is -0.121. The number of hydrogen-bond acceptors (Lipinski definition) is 1. The molecule has 0 saturated heterocycles. The van der Waals surface area contributed by atoms with Crippen molar-refractivity contribution in [2.45, 2.75) is 64.7 Å². The van der Waals surface area contributed by atoms with Gasteiger partial charge < -0.3 is 4.90 Å². The van der Waals surface area contributed by atoms with E-state index in [1.165, 1.54) is 83.8 Å². The number of benzene rings is 5. The summed E-state index contributed by atoms with van der Waals surface area (Å²) in [6.07, 6.45) is 6.35. The molecule has 1 heteroatoms. The Balaban J connectivity index is 1.35. The Morgan fingerprint density at radius 3 is 1.34 bits per heavy atom. The van der Waals surface area contributed by atoms with Crippen LogP contribution in [0, 0.1) is 0 Å². The molecule has 0 unspecified atom stereocenters. The third-order valence-electron chi connectivity index (χ3n) is 11.4. The van der Waals surface area contributed by atoms with Crippen LogP contribution in [0.15, 0.2) is 134 Å². The van der Waals surface area contributed by atoms with E-state index >= 15 is 0 Å². The fraction of sp³-hybridized carbons (Fsp3) is 0.217. The molecule has 0 spiro atoms. The van der Waals surface area contributed by atoms with Crippen molar-refractivity contribution < 1.29 is 0 Å². The highest BCUT2D eigenvalue weighted by molar-refractivity contribution is 5.93. The second-order valence-electron chi connectivity index (χ2n) is 15.0. The number of anilines is 3. The molecule has 5 aromatic carbocycles. The van der Waals surface area contributed by atoms with E-state index in [9.17, 15) is 0 Å². The predicted octanol–water partition coefficient (Wildman–Crippen LogP) is 12.6. The summed E-state index contributed by atoms with van der Waals surface area (Å²) in [5.74, 6) is 0. The molecule has 0 heterocycles. The van der Waals surface area contributed by atoms with Gasteiger partial charge in [-0.05, 0) is 110 Å². The number of rotatable bonds is 4. The van der Waals surface area contributed by atoms with Crippen LogP contribution in [0.4, 0.5) is 17.1 Å². The van der Waals surface area contributed by atoms with Crippen LogP contribution >= 0.6 is 0 Å². The van der Waals surface area contributed by atoms with Gasteiger partial charge in [0, 0.05) is 33.3 Å². The van der Waals surface area contributed by atoms with Crippen molar-refractivity contribution in [2.24, 2.45) is 0 Å². The SMILES string of the molecule is C=CC=C1/C(=C\C)C(C)(C)c2cc(N(c3ccc4c(c3)C(C)(C)c3ccccc3-4)c3ccc4c(c3)C(C)(C)c3ccccc3-4)ccc21. The third kappa shape index (κ3) is 4.02. The Bertz CT molecular complexity index is 2090. The topological polar surface area (TPSA) is 3.24 Å². The van der Waals surface area contributed by atoms with Gasteiger partial charge in [-0.15, -0.1) is 0 Å². The monoisotopic (exact) mass is 609 g/mol. The molecule has 1 nitrogen and oxygen atoms in total. The Kier molecular flexibility index (Phi) is 6.32. The van der Waals surface area contributed by atoms with Crippen molar-refractivity contribution in [1.82, 2.24) is 0 Å². The van der Waals surface area contributed by atoms with E-state index in [1.807, 2.05) is 6.08 Å².